The molecule has 0 amide bonds. The Bertz CT molecular complexity index is 339. The second kappa shape index (κ2) is 5.40. The SMILES string of the molecule is CCC(=Cc1cccc(Cl)c1Cl)CN. The lowest BCUT2D eigenvalue weighted by Crippen LogP contribution is -2.01. The molecule has 0 aliphatic rings. The van der Waals surface area contributed by atoms with Crippen LogP contribution in [0.5, 0.6) is 0 Å². The van der Waals surface area contributed by atoms with E-state index < -0.39 is 0 Å². The summed E-state index contributed by atoms with van der Waals surface area (Å²) in [6, 6.07) is 5.58. The van der Waals surface area contributed by atoms with E-state index in [1.165, 1.54) is 0 Å². The molecule has 1 aromatic rings. The van der Waals surface area contributed by atoms with Crippen molar-refractivity contribution in [2.75, 3.05) is 6.54 Å². The summed E-state index contributed by atoms with van der Waals surface area (Å²) >= 11 is 11.9. The highest BCUT2D eigenvalue weighted by atomic mass is 35.5. The molecule has 0 aliphatic heterocycles. The Labute approximate surface area is 94.5 Å². The van der Waals surface area contributed by atoms with Crippen LogP contribution in [0.15, 0.2) is 23.8 Å². The van der Waals surface area contributed by atoms with E-state index in [2.05, 4.69) is 6.92 Å². The van der Waals surface area contributed by atoms with Crippen LogP contribution < -0.4 is 5.73 Å². The van der Waals surface area contributed by atoms with Gasteiger partial charge in [0.1, 0.15) is 0 Å². The number of hydrogen-bond donors (Lipinski definition) is 1. The molecule has 1 rings (SSSR count). The lowest BCUT2D eigenvalue weighted by atomic mass is 10.1. The number of rotatable bonds is 3. The highest BCUT2D eigenvalue weighted by Crippen LogP contribution is 2.27. The molecule has 1 nitrogen and oxygen atoms in total. The van der Waals surface area contributed by atoms with Gasteiger partial charge in [0.25, 0.3) is 0 Å². The van der Waals surface area contributed by atoms with Gasteiger partial charge in [-0.3, -0.25) is 0 Å². The quantitative estimate of drug-likeness (QED) is 0.840. The molecule has 1 aromatic carbocycles. The standard InChI is InChI=1S/C11H13Cl2N/c1-2-8(7-14)6-9-4-3-5-10(12)11(9)13/h3-6H,2,7,14H2,1H3. The second-order valence-corrected chi connectivity index (χ2v) is 3.79. The summed E-state index contributed by atoms with van der Waals surface area (Å²) in [7, 11) is 0. The number of hydrogen-bond acceptors (Lipinski definition) is 1. The Morgan fingerprint density at radius 3 is 2.71 bits per heavy atom. The molecule has 0 aromatic heterocycles. The van der Waals surface area contributed by atoms with E-state index in [-0.39, 0.29) is 0 Å². The van der Waals surface area contributed by atoms with Crippen molar-refractivity contribution in [2.45, 2.75) is 13.3 Å². The van der Waals surface area contributed by atoms with Gasteiger partial charge in [-0.05, 0) is 18.1 Å². The van der Waals surface area contributed by atoms with Crippen molar-refractivity contribution >= 4 is 29.3 Å². The van der Waals surface area contributed by atoms with Crippen LogP contribution in [0.3, 0.4) is 0 Å². The molecular formula is C11H13Cl2N. The molecule has 0 heterocycles. The van der Waals surface area contributed by atoms with Crippen LogP contribution in [-0.2, 0) is 0 Å². The van der Waals surface area contributed by atoms with Gasteiger partial charge in [0.2, 0.25) is 0 Å². The average Bonchev–Trinajstić information content (AvgIpc) is 2.20. The summed E-state index contributed by atoms with van der Waals surface area (Å²) in [5, 5.41) is 1.17. The van der Waals surface area contributed by atoms with Crippen LogP contribution in [0, 0.1) is 0 Å². The molecule has 0 aliphatic carbocycles. The summed E-state index contributed by atoms with van der Waals surface area (Å²) in [6.45, 7) is 2.62. The molecule has 14 heavy (non-hydrogen) atoms. The summed E-state index contributed by atoms with van der Waals surface area (Å²) in [6.07, 6.45) is 2.92. The van der Waals surface area contributed by atoms with Crippen LogP contribution >= 0.6 is 23.2 Å². The lowest BCUT2D eigenvalue weighted by Gasteiger charge is -2.03. The molecule has 0 atom stereocenters. The minimum atomic E-state index is 0.555. The maximum atomic E-state index is 6.03. The number of nitrogens with two attached hydrogens (primary N) is 1. The van der Waals surface area contributed by atoms with Gasteiger partial charge < -0.3 is 5.73 Å². The molecule has 0 bridgehead atoms. The van der Waals surface area contributed by atoms with Crippen molar-refractivity contribution in [1.82, 2.24) is 0 Å². The average molecular weight is 230 g/mol. The highest BCUT2D eigenvalue weighted by molar-refractivity contribution is 6.42. The summed E-state index contributed by atoms with van der Waals surface area (Å²) < 4.78 is 0. The van der Waals surface area contributed by atoms with Crippen molar-refractivity contribution in [3.63, 3.8) is 0 Å². The zero-order valence-electron chi connectivity index (χ0n) is 8.06. The third-order valence-corrected chi connectivity index (χ3v) is 2.89. The van der Waals surface area contributed by atoms with Gasteiger partial charge in [-0.25, -0.2) is 0 Å². The van der Waals surface area contributed by atoms with E-state index in [0.29, 0.717) is 16.6 Å². The topological polar surface area (TPSA) is 26.0 Å². The molecule has 0 radical (unpaired) electrons. The Kier molecular flexibility index (Phi) is 4.46. The zero-order chi connectivity index (χ0) is 10.6. The van der Waals surface area contributed by atoms with Crippen LogP contribution in [-0.4, -0.2) is 6.54 Å². The van der Waals surface area contributed by atoms with Gasteiger partial charge in [-0.1, -0.05) is 53.9 Å². The molecule has 0 saturated carbocycles. The van der Waals surface area contributed by atoms with E-state index in [0.717, 1.165) is 17.6 Å². The van der Waals surface area contributed by atoms with Crippen LogP contribution in [0.4, 0.5) is 0 Å². The summed E-state index contributed by atoms with van der Waals surface area (Å²) in [5.41, 5.74) is 7.67. The zero-order valence-corrected chi connectivity index (χ0v) is 9.57. The maximum absolute atomic E-state index is 6.03. The third kappa shape index (κ3) is 2.74. The molecule has 0 spiro atoms. The van der Waals surface area contributed by atoms with Crippen LogP contribution in [0.1, 0.15) is 18.9 Å². The first-order chi connectivity index (χ1) is 6.69. The molecule has 76 valence electrons. The monoisotopic (exact) mass is 229 g/mol. The minimum absolute atomic E-state index is 0.555. The fraction of sp³-hybridized carbons (Fsp3) is 0.273. The van der Waals surface area contributed by atoms with Gasteiger partial charge in [0.05, 0.1) is 10.0 Å². The fourth-order valence-electron chi connectivity index (χ4n) is 1.16. The fourth-order valence-corrected chi connectivity index (χ4v) is 1.52. The molecule has 2 N–H and O–H groups in total. The van der Waals surface area contributed by atoms with Crippen molar-refractivity contribution in [1.29, 1.82) is 0 Å². The molecule has 0 saturated heterocycles. The first-order valence-corrected chi connectivity index (χ1v) is 5.28. The van der Waals surface area contributed by atoms with E-state index in [1.807, 2.05) is 18.2 Å². The normalized spacial score (nSPS) is 11.9. The van der Waals surface area contributed by atoms with Crippen molar-refractivity contribution < 1.29 is 0 Å². The smallest absolute Gasteiger partial charge is 0.0664 e. The highest BCUT2D eigenvalue weighted by Gasteiger charge is 2.02. The Balaban J connectivity index is 3.07. The van der Waals surface area contributed by atoms with Gasteiger partial charge in [0.15, 0.2) is 0 Å². The van der Waals surface area contributed by atoms with Crippen LogP contribution in [0.25, 0.3) is 6.08 Å². The van der Waals surface area contributed by atoms with E-state index in [1.54, 1.807) is 6.07 Å². The van der Waals surface area contributed by atoms with Gasteiger partial charge >= 0.3 is 0 Å². The minimum Gasteiger partial charge on any atom is -0.327 e. The predicted molar refractivity (Wildman–Crippen MR) is 63.8 cm³/mol. The Morgan fingerprint density at radius 1 is 1.43 bits per heavy atom. The van der Waals surface area contributed by atoms with Crippen LogP contribution in [0.2, 0.25) is 10.0 Å². The summed E-state index contributed by atoms with van der Waals surface area (Å²) in [5.74, 6) is 0. The predicted octanol–water partition coefficient (Wildman–Crippen LogP) is 3.75. The second-order valence-electron chi connectivity index (χ2n) is 3.00. The van der Waals surface area contributed by atoms with E-state index in [4.69, 9.17) is 28.9 Å². The van der Waals surface area contributed by atoms with Gasteiger partial charge in [-0.2, -0.15) is 0 Å². The van der Waals surface area contributed by atoms with Crippen molar-refractivity contribution in [3.8, 4) is 0 Å². The van der Waals surface area contributed by atoms with Crippen molar-refractivity contribution in [2.24, 2.45) is 5.73 Å². The maximum Gasteiger partial charge on any atom is 0.0664 e. The van der Waals surface area contributed by atoms with Gasteiger partial charge in [-0.15, -0.1) is 0 Å². The molecule has 3 heteroatoms. The Morgan fingerprint density at radius 2 is 2.14 bits per heavy atom. The third-order valence-electron chi connectivity index (χ3n) is 2.06. The lowest BCUT2D eigenvalue weighted by molar-refractivity contribution is 1.02. The molecular weight excluding hydrogens is 217 g/mol. The molecule has 0 fully saturated rings. The molecule has 0 unspecified atom stereocenters. The van der Waals surface area contributed by atoms with Crippen molar-refractivity contribution in [3.05, 3.63) is 39.4 Å². The summed E-state index contributed by atoms with van der Waals surface area (Å²) in [4.78, 5) is 0. The largest absolute Gasteiger partial charge is 0.327 e. The first-order valence-electron chi connectivity index (χ1n) is 4.52. The van der Waals surface area contributed by atoms with E-state index in [9.17, 15) is 0 Å². The van der Waals surface area contributed by atoms with E-state index >= 15 is 0 Å². The Hall–Kier alpha value is -0.500. The van der Waals surface area contributed by atoms with Gasteiger partial charge in [0, 0.05) is 6.54 Å². The number of halogens is 2. The first kappa shape index (κ1) is 11.6. The number of benzene rings is 1.